The Kier molecular flexibility index (Phi) is 4.49. The SMILES string of the molecule is CC(C)C1=CC2CC3(C=O)[C@@H]4CC[C@@H](C)[C@H]4CC2(C(=O)C#CC(C)(C)C)[C@]13C(=O)O. The Morgan fingerprint density at radius 2 is 1.90 bits per heavy atom. The number of carbonyl (C=O) groups excluding carboxylic acids is 2. The minimum absolute atomic E-state index is 0.0325. The number of carbonyl (C=O) groups is 3. The molecule has 4 nitrogen and oxygen atoms in total. The largest absolute Gasteiger partial charge is 0.481 e. The second-order valence-corrected chi connectivity index (χ2v) is 11.6. The normalized spacial score (nSPS) is 43.6. The summed E-state index contributed by atoms with van der Waals surface area (Å²) in [5.41, 5.74) is -3.17. The summed E-state index contributed by atoms with van der Waals surface area (Å²) in [6.45, 7) is 12.0. The highest BCUT2D eigenvalue weighted by atomic mass is 16.4. The summed E-state index contributed by atoms with van der Waals surface area (Å²) < 4.78 is 0. The molecule has 0 aliphatic heterocycles. The van der Waals surface area contributed by atoms with Gasteiger partial charge >= 0.3 is 5.97 Å². The van der Waals surface area contributed by atoms with Gasteiger partial charge in [0.25, 0.3) is 0 Å². The summed E-state index contributed by atoms with van der Waals surface area (Å²) in [5.74, 6) is 5.04. The number of Topliss-reactive ketones (excluding diaryl/α,β-unsaturated/α-hetero) is 1. The molecule has 3 unspecified atom stereocenters. The molecular formula is C26H34O4. The number of aliphatic carboxylic acids is 1. The first-order chi connectivity index (χ1) is 13.9. The maximum atomic E-state index is 13.9. The van der Waals surface area contributed by atoms with Crippen molar-refractivity contribution in [2.45, 2.75) is 67.2 Å². The second-order valence-electron chi connectivity index (χ2n) is 11.6. The number of ketones is 1. The maximum absolute atomic E-state index is 13.9. The van der Waals surface area contributed by atoms with Crippen LogP contribution in [0.15, 0.2) is 11.6 Å². The van der Waals surface area contributed by atoms with Crippen LogP contribution in [0.3, 0.4) is 0 Å². The first-order valence-electron chi connectivity index (χ1n) is 11.4. The van der Waals surface area contributed by atoms with E-state index in [-0.39, 0.29) is 34.9 Å². The number of rotatable bonds is 4. The number of fused-ring (bicyclic) bond motifs is 2. The average Bonchev–Trinajstić information content (AvgIpc) is 3.23. The number of hydrogen-bond donors (Lipinski definition) is 1. The predicted molar refractivity (Wildman–Crippen MR) is 114 cm³/mol. The van der Waals surface area contributed by atoms with Crippen LogP contribution in [-0.4, -0.2) is 23.1 Å². The average molecular weight is 411 g/mol. The Hall–Kier alpha value is -1.89. The molecule has 0 aromatic rings. The van der Waals surface area contributed by atoms with Gasteiger partial charge in [-0.15, -0.1) is 0 Å². The highest BCUT2D eigenvalue weighted by Gasteiger charge is 2.86. The van der Waals surface area contributed by atoms with Crippen LogP contribution < -0.4 is 0 Å². The first-order valence-corrected chi connectivity index (χ1v) is 11.4. The molecule has 162 valence electrons. The maximum Gasteiger partial charge on any atom is 0.315 e. The third-order valence-electron chi connectivity index (χ3n) is 8.88. The predicted octanol–water partition coefficient (Wildman–Crippen LogP) is 4.53. The third kappa shape index (κ3) is 2.22. The minimum Gasteiger partial charge on any atom is -0.481 e. The van der Waals surface area contributed by atoms with E-state index in [4.69, 9.17) is 0 Å². The van der Waals surface area contributed by atoms with Gasteiger partial charge in [0.15, 0.2) is 0 Å². The van der Waals surface area contributed by atoms with Crippen molar-refractivity contribution in [1.82, 2.24) is 0 Å². The van der Waals surface area contributed by atoms with Crippen LogP contribution in [0.4, 0.5) is 0 Å². The summed E-state index contributed by atoms with van der Waals surface area (Å²) in [6, 6.07) is 0. The Morgan fingerprint density at radius 3 is 2.43 bits per heavy atom. The van der Waals surface area contributed by atoms with Gasteiger partial charge in [0.1, 0.15) is 11.7 Å². The monoisotopic (exact) mass is 410 g/mol. The Morgan fingerprint density at radius 1 is 1.23 bits per heavy atom. The zero-order chi connectivity index (χ0) is 22.3. The van der Waals surface area contributed by atoms with Crippen LogP contribution >= 0.6 is 0 Å². The smallest absolute Gasteiger partial charge is 0.315 e. The van der Waals surface area contributed by atoms with E-state index in [0.717, 1.165) is 24.7 Å². The number of carboxylic acid groups (broad SMARTS) is 1. The van der Waals surface area contributed by atoms with Gasteiger partial charge in [-0.1, -0.05) is 44.8 Å². The van der Waals surface area contributed by atoms with Crippen LogP contribution in [0.2, 0.25) is 0 Å². The zero-order valence-electron chi connectivity index (χ0n) is 19.0. The lowest BCUT2D eigenvalue weighted by molar-refractivity contribution is -0.181. The fraction of sp³-hybridized carbons (Fsp3) is 0.731. The molecule has 4 aliphatic rings. The van der Waals surface area contributed by atoms with E-state index in [1.54, 1.807) is 0 Å². The van der Waals surface area contributed by atoms with Gasteiger partial charge in [0, 0.05) is 5.41 Å². The highest BCUT2D eigenvalue weighted by Crippen LogP contribution is 2.82. The lowest BCUT2D eigenvalue weighted by Crippen LogP contribution is -2.64. The van der Waals surface area contributed by atoms with Crippen molar-refractivity contribution in [1.29, 1.82) is 0 Å². The van der Waals surface area contributed by atoms with Crippen molar-refractivity contribution in [2.75, 3.05) is 0 Å². The molecule has 4 rings (SSSR count). The number of aldehydes is 1. The van der Waals surface area contributed by atoms with Gasteiger partial charge in [-0.05, 0) is 75.5 Å². The highest BCUT2D eigenvalue weighted by molar-refractivity contribution is 6.08. The van der Waals surface area contributed by atoms with Crippen molar-refractivity contribution >= 4 is 18.0 Å². The van der Waals surface area contributed by atoms with Crippen molar-refractivity contribution in [3.05, 3.63) is 11.6 Å². The van der Waals surface area contributed by atoms with Crippen LogP contribution in [0.25, 0.3) is 0 Å². The van der Waals surface area contributed by atoms with Gasteiger partial charge in [-0.3, -0.25) is 9.59 Å². The molecule has 0 saturated heterocycles. The first kappa shape index (κ1) is 21.3. The summed E-state index contributed by atoms with van der Waals surface area (Å²) in [4.78, 5) is 40.1. The summed E-state index contributed by atoms with van der Waals surface area (Å²) in [5, 5.41) is 10.8. The Bertz CT molecular complexity index is 910. The van der Waals surface area contributed by atoms with E-state index in [9.17, 15) is 19.5 Å². The van der Waals surface area contributed by atoms with E-state index >= 15 is 0 Å². The van der Waals surface area contributed by atoms with Crippen molar-refractivity contribution in [3.63, 3.8) is 0 Å². The molecular weight excluding hydrogens is 376 g/mol. The quantitative estimate of drug-likeness (QED) is 0.320. The van der Waals surface area contributed by atoms with Crippen LogP contribution in [-0.2, 0) is 14.4 Å². The Labute approximate surface area is 179 Å². The van der Waals surface area contributed by atoms with Crippen molar-refractivity contribution < 1.29 is 19.5 Å². The fourth-order valence-electron chi connectivity index (χ4n) is 7.96. The van der Waals surface area contributed by atoms with E-state index < -0.39 is 22.2 Å². The fourth-order valence-corrected chi connectivity index (χ4v) is 7.96. The van der Waals surface area contributed by atoms with Crippen molar-refractivity contribution in [2.24, 2.45) is 51.2 Å². The van der Waals surface area contributed by atoms with Crippen molar-refractivity contribution in [3.8, 4) is 11.8 Å². The van der Waals surface area contributed by atoms with E-state index in [0.29, 0.717) is 18.8 Å². The molecule has 0 aromatic heterocycles. The molecule has 0 aromatic carbocycles. The van der Waals surface area contributed by atoms with Crippen LogP contribution in [0.1, 0.15) is 67.2 Å². The van der Waals surface area contributed by atoms with Gasteiger partial charge < -0.3 is 9.90 Å². The minimum atomic E-state index is -1.46. The lowest BCUT2D eigenvalue weighted by atomic mass is 9.42. The van der Waals surface area contributed by atoms with E-state index in [1.807, 2.05) is 40.7 Å². The molecule has 0 spiro atoms. The van der Waals surface area contributed by atoms with Crippen LogP contribution in [0.5, 0.6) is 0 Å². The van der Waals surface area contributed by atoms with Gasteiger partial charge in [0.05, 0.1) is 10.8 Å². The molecule has 0 radical (unpaired) electrons. The molecule has 7 atom stereocenters. The summed E-state index contributed by atoms with van der Waals surface area (Å²) in [7, 11) is 0. The van der Waals surface area contributed by atoms with Gasteiger partial charge in [-0.2, -0.15) is 0 Å². The number of carboxylic acids is 1. The third-order valence-corrected chi connectivity index (χ3v) is 8.88. The molecule has 4 bridgehead atoms. The van der Waals surface area contributed by atoms with Gasteiger partial charge in [-0.25, -0.2) is 0 Å². The molecule has 4 heteroatoms. The summed E-state index contributed by atoms with van der Waals surface area (Å²) in [6.07, 6.45) is 5.86. The molecule has 0 heterocycles. The molecule has 1 N–H and O–H groups in total. The molecule has 3 saturated carbocycles. The van der Waals surface area contributed by atoms with E-state index in [2.05, 4.69) is 18.8 Å². The Balaban J connectivity index is 2.03. The second kappa shape index (κ2) is 6.31. The molecule has 30 heavy (non-hydrogen) atoms. The zero-order valence-corrected chi connectivity index (χ0v) is 19.0. The number of hydrogen-bond acceptors (Lipinski definition) is 3. The molecule has 4 aliphatic carbocycles. The topological polar surface area (TPSA) is 71.4 Å². The standard InChI is InChI=1S/C26H34O4/c1-15(2)20-11-17-12-24(14-27)19-8-7-16(3)18(19)13-25(17,26(20,24)22(29)30)21(28)9-10-23(4,5)6/h11,14-19H,7-8,12-13H2,1-6H3,(H,29,30)/t16-,17?,18-,19-,24?,25?,26+/m1/s1. The van der Waals surface area contributed by atoms with E-state index in [1.165, 1.54) is 0 Å². The van der Waals surface area contributed by atoms with Gasteiger partial charge in [0.2, 0.25) is 5.78 Å². The molecule has 0 amide bonds. The molecule has 3 fully saturated rings. The van der Waals surface area contributed by atoms with Crippen LogP contribution in [0, 0.1) is 63.1 Å². The number of allylic oxidation sites excluding steroid dienone is 1. The lowest BCUT2D eigenvalue weighted by Gasteiger charge is -2.57. The summed E-state index contributed by atoms with van der Waals surface area (Å²) >= 11 is 0.